The number of amides is 1. The number of aromatic nitrogens is 5. The first-order chi connectivity index (χ1) is 15.6. The Bertz CT molecular complexity index is 1240. The van der Waals surface area contributed by atoms with Crippen molar-refractivity contribution in [3.05, 3.63) is 59.9 Å². The quantitative estimate of drug-likeness (QED) is 0.322. The second-order valence-electron chi connectivity index (χ2n) is 6.99. The molecule has 0 saturated carbocycles. The molecule has 0 atom stereocenters. The number of hydrogen-bond acceptors (Lipinski definition) is 8. The molecule has 2 aromatic heterocycles. The third kappa shape index (κ3) is 4.80. The van der Waals surface area contributed by atoms with Gasteiger partial charge in [0.1, 0.15) is 11.4 Å². The molecule has 1 N–H and O–H groups in total. The fourth-order valence-electron chi connectivity index (χ4n) is 3.09. The van der Waals surface area contributed by atoms with Crippen LogP contribution in [-0.4, -0.2) is 50.8 Å². The number of benzene rings is 2. The summed E-state index contributed by atoms with van der Waals surface area (Å²) in [6.45, 7) is 2.60. The fourth-order valence-corrected chi connectivity index (χ4v) is 3.83. The van der Waals surface area contributed by atoms with Crippen LogP contribution >= 0.6 is 11.8 Å². The molecule has 0 aliphatic carbocycles. The number of methoxy groups -OCH3 is 2. The van der Waals surface area contributed by atoms with Crippen LogP contribution < -0.4 is 14.8 Å². The van der Waals surface area contributed by atoms with Gasteiger partial charge in [-0.05, 0) is 24.6 Å². The highest BCUT2D eigenvalue weighted by molar-refractivity contribution is 8.00. The van der Waals surface area contributed by atoms with Crippen LogP contribution in [0.1, 0.15) is 11.1 Å². The molecule has 32 heavy (non-hydrogen) atoms. The predicted octanol–water partition coefficient (Wildman–Crippen LogP) is 3.33. The summed E-state index contributed by atoms with van der Waals surface area (Å²) in [7, 11) is 3.11. The van der Waals surface area contributed by atoms with Gasteiger partial charge in [0.05, 0.1) is 26.5 Å². The molecule has 164 valence electrons. The Morgan fingerprint density at radius 3 is 2.59 bits per heavy atom. The minimum absolute atomic E-state index is 0.158. The maximum atomic E-state index is 12.5. The summed E-state index contributed by atoms with van der Waals surface area (Å²) in [6, 6.07) is 13.4. The second-order valence-corrected chi connectivity index (χ2v) is 7.95. The van der Waals surface area contributed by atoms with E-state index in [0.717, 1.165) is 5.56 Å². The van der Waals surface area contributed by atoms with E-state index in [2.05, 4.69) is 49.9 Å². The molecule has 10 heteroatoms. The van der Waals surface area contributed by atoms with Crippen molar-refractivity contribution in [2.45, 2.75) is 18.5 Å². The summed E-state index contributed by atoms with van der Waals surface area (Å²) in [6.07, 6.45) is 1.46. The number of ether oxygens (including phenoxy) is 2. The summed E-state index contributed by atoms with van der Waals surface area (Å²) in [4.78, 5) is 21.1. The monoisotopic (exact) mass is 450 g/mol. The Hall–Kier alpha value is -3.66. The van der Waals surface area contributed by atoms with Crippen LogP contribution in [0.2, 0.25) is 0 Å². The van der Waals surface area contributed by atoms with Crippen LogP contribution in [0, 0.1) is 6.92 Å². The van der Waals surface area contributed by atoms with Gasteiger partial charge in [0.15, 0.2) is 22.7 Å². The van der Waals surface area contributed by atoms with Crippen molar-refractivity contribution in [1.82, 2.24) is 25.0 Å². The van der Waals surface area contributed by atoms with Crippen molar-refractivity contribution in [2.24, 2.45) is 0 Å². The zero-order chi connectivity index (χ0) is 22.5. The van der Waals surface area contributed by atoms with Crippen molar-refractivity contribution in [2.75, 3.05) is 25.3 Å². The topological polar surface area (TPSA) is 104 Å². The lowest BCUT2D eigenvalue weighted by atomic mass is 10.1. The van der Waals surface area contributed by atoms with Gasteiger partial charge in [-0.1, -0.05) is 46.8 Å². The number of thioether (sulfide) groups is 1. The van der Waals surface area contributed by atoms with Crippen LogP contribution in [0.25, 0.3) is 11.2 Å². The zero-order valence-corrected chi connectivity index (χ0v) is 18.7. The average molecular weight is 451 g/mol. The minimum atomic E-state index is -0.180. The molecule has 0 aliphatic heterocycles. The smallest absolute Gasteiger partial charge is 0.234 e. The Morgan fingerprint density at radius 2 is 1.84 bits per heavy atom. The van der Waals surface area contributed by atoms with E-state index in [9.17, 15) is 4.79 Å². The number of nitrogens with one attached hydrogen (secondary N) is 1. The summed E-state index contributed by atoms with van der Waals surface area (Å²) in [5, 5.41) is 11.9. The van der Waals surface area contributed by atoms with Gasteiger partial charge in [-0.3, -0.25) is 4.79 Å². The molecule has 0 saturated heterocycles. The first kappa shape index (κ1) is 21.6. The molecular formula is C22H22N6O3S. The van der Waals surface area contributed by atoms with E-state index < -0.39 is 0 Å². The third-order valence-electron chi connectivity index (χ3n) is 4.73. The number of anilines is 1. The van der Waals surface area contributed by atoms with Gasteiger partial charge in [0.2, 0.25) is 5.91 Å². The molecule has 0 fully saturated rings. The zero-order valence-electron chi connectivity index (χ0n) is 17.9. The van der Waals surface area contributed by atoms with E-state index in [-0.39, 0.29) is 11.7 Å². The maximum absolute atomic E-state index is 12.5. The van der Waals surface area contributed by atoms with Gasteiger partial charge >= 0.3 is 0 Å². The Labute approximate surface area is 189 Å². The van der Waals surface area contributed by atoms with E-state index in [1.54, 1.807) is 37.1 Å². The number of fused-ring (bicyclic) bond motifs is 1. The number of hydrogen-bond donors (Lipinski definition) is 1. The lowest BCUT2D eigenvalue weighted by Crippen LogP contribution is -2.14. The van der Waals surface area contributed by atoms with Gasteiger partial charge in [-0.15, -0.1) is 5.10 Å². The van der Waals surface area contributed by atoms with Crippen LogP contribution in [0.5, 0.6) is 11.5 Å². The Balaban J connectivity index is 1.44. The molecule has 1 amide bonds. The number of aryl methyl sites for hydroxylation is 1. The molecule has 0 spiro atoms. The molecular weight excluding hydrogens is 428 g/mol. The highest BCUT2D eigenvalue weighted by Crippen LogP contribution is 2.30. The van der Waals surface area contributed by atoms with Gasteiger partial charge in [0.25, 0.3) is 0 Å². The van der Waals surface area contributed by atoms with Crippen molar-refractivity contribution < 1.29 is 14.3 Å². The van der Waals surface area contributed by atoms with Crippen LogP contribution in [0.15, 0.2) is 53.8 Å². The van der Waals surface area contributed by atoms with Gasteiger partial charge in [-0.2, -0.15) is 0 Å². The van der Waals surface area contributed by atoms with E-state index >= 15 is 0 Å². The van der Waals surface area contributed by atoms with Gasteiger partial charge in [0, 0.05) is 11.8 Å². The number of carbonyl (C=O) groups is 1. The molecule has 2 heterocycles. The minimum Gasteiger partial charge on any atom is -0.493 e. The van der Waals surface area contributed by atoms with E-state index in [1.807, 2.05) is 6.92 Å². The molecule has 0 bridgehead atoms. The number of carbonyl (C=O) groups excluding carboxylic acids is 1. The largest absolute Gasteiger partial charge is 0.493 e. The molecule has 0 radical (unpaired) electrons. The number of rotatable bonds is 8. The predicted molar refractivity (Wildman–Crippen MR) is 122 cm³/mol. The molecule has 9 nitrogen and oxygen atoms in total. The Morgan fingerprint density at radius 1 is 1.06 bits per heavy atom. The van der Waals surface area contributed by atoms with Crippen molar-refractivity contribution >= 4 is 34.5 Å². The standard InChI is InChI=1S/C22H22N6O3S/c1-14-4-6-15(7-5-14)11-28-21-20(26-27-28)22(24-13-23-21)32-12-19(29)25-16-8-9-17(30-2)18(10-16)31-3/h4-10,13H,11-12H2,1-3H3,(H,25,29). The normalized spacial score (nSPS) is 10.8. The van der Waals surface area contributed by atoms with Crippen molar-refractivity contribution in [1.29, 1.82) is 0 Å². The molecule has 0 unspecified atom stereocenters. The summed E-state index contributed by atoms with van der Waals surface area (Å²) in [5.41, 5.74) is 4.12. The first-order valence-corrected chi connectivity index (χ1v) is 10.8. The van der Waals surface area contributed by atoms with E-state index in [4.69, 9.17) is 9.47 Å². The lowest BCUT2D eigenvalue weighted by Gasteiger charge is -2.10. The SMILES string of the molecule is COc1ccc(NC(=O)CSc2ncnc3c2nnn3Cc2ccc(C)cc2)cc1OC. The van der Waals surface area contributed by atoms with E-state index in [0.29, 0.717) is 39.9 Å². The lowest BCUT2D eigenvalue weighted by molar-refractivity contribution is -0.113. The number of nitrogens with zero attached hydrogens (tertiary/aromatic N) is 5. The highest BCUT2D eigenvalue weighted by atomic mass is 32.2. The molecule has 4 aromatic rings. The molecule has 2 aromatic carbocycles. The highest BCUT2D eigenvalue weighted by Gasteiger charge is 2.14. The van der Waals surface area contributed by atoms with Crippen LogP contribution in [0.3, 0.4) is 0 Å². The van der Waals surface area contributed by atoms with Gasteiger partial charge < -0.3 is 14.8 Å². The van der Waals surface area contributed by atoms with Crippen LogP contribution in [-0.2, 0) is 11.3 Å². The van der Waals surface area contributed by atoms with Crippen molar-refractivity contribution in [3.8, 4) is 11.5 Å². The van der Waals surface area contributed by atoms with Gasteiger partial charge in [-0.25, -0.2) is 14.6 Å². The summed E-state index contributed by atoms with van der Waals surface area (Å²) in [5.74, 6) is 1.12. The molecule has 4 rings (SSSR count). The Kier molecular flexibility index (Phi) is 6.50. The summed E-state index contributed by atoms with van der Waals surface area (Å²) < 4.78 is 12.2. The van der Waals surface area contributed by atoms with E-state index in [1.165, 1.54) is 23.7 Å². The second kappa shape index (κ2) is 9.65. The van der Waals surface area contributed by atoms with Crippen LogP contribution in [0.4, 0.5) is 5.69 Å². The molecule has 0 aliphatic rings. The summed E-state index contributed by atoms with van der Waals surface area (Å²) >= 11 is 1.28. The maximum Gasteiger partial charge on any atom is 0.234 e. The fraction of sp³-hybridized carbons (Fsp3) is 0.227. The first-order valence-electron chi connectivity index (χ1n) is 9.82. The third-order valence-corrected chi connectivity index (χ3v) is 5.71. The average Bonchev–Trinajstić information content (AvgIpc) is 3.22. The van der Waals surface area contributed by atoms with Crippen molar-refractivity contribution in [3.63, 3.8) is 0 Å².